The Hall–Kier alpha value is -3.14. The van der Waals surface area contributed by atoms with Crippen molar-refractivity contribution in [2.45, 2.75) is 19.5 Å². The second-order valence-electron chi connectivity index (χ2n) is 7.11. The van der Waals surface area contributed by atoms with Gasteiger partial charge in [-0.1, -0.05) is 30.3 Å². The normalized spacial score (nSPS) is 13.8. The molecule has 152 valence electrons. The van der Waals surface area contributed by atoms with Gasteiger partial charge in [0.15, 0.2) is 0 Å². The molecule has 2 aromatic carbocycles. The van der Waals surface area contributed by atoms with E-state index in [9.17, 15) is 5.26 Å². The molecule has 0 bridgehead atoms. The molecule has 0 fully saturated rings. The van der Waals surface area contributed by atoms with E-state index in [4.69, 9.17) is 9.47 Å². The van der Waals surface area contributed by atoms with Crippen LogP contribution in [0.4, 0.5) is 5.00 Å². The first kappa shape index (κ1) is 20.1. The zero-order chi connectivity index (χ0) is 20.9. The summed E-state index contributed by atoms with van der Waals surface area (Å²) in [6.07, 6.45) is 2.63. The van der Waals surface area contributed by atoms with Crippen molar-refractivity contribution in [3.05, 3.63) is 75.7 Å². The molecule has 0 aliphatic carbocycles. The molecule has 1 aliphatic heterocycles. The highest BCUT2D eigenvalue weighted by Crippen LogP contribution is 2.39. The highest BCUT2D eigenvalue weighted by Gasteiger charge is 2.24. The molecule has 0 saturated heterocycles. The number of benzene rings is 2. The predicted molar refractivity (Wildman–Crippen MR) is 120 cm³/mol. The summed E-state index contributed by atoms with van der Waals surface area (Å²) in [6, 6.07) is 18.5. The lowest BCUT2D eigenvalue weighted by Crippen LogP contribution is -2.29. The van der Waals surface area contributed by atoms with Crippen LogP contribution in [-0.2, 0) is 19.5 Å². The molecule has 3 aromatic rings. The van der Waals surface area contributed by atoms with Crippen LogP contribution in [0.2, 0.25) is 0 Å². The van der Waals surface area contributed by atoms with Crippen LogP contribution in [0.15, 0.2) is 53.5 Å². The summed E-state index contributed by atoms with van der Waals surface area (Å²) in [4.78, 5) is 8.32. The summed E-state index contributed by atoms with van der Waals surface area (Å²) >= 11 is 1.61. The van der Waals surface area contributed by atoms with Gasteiger partial charge in [-0.2, -0.15) is 5.26 Å². The number of thiophene rings is 1. The number of fused-ring (bicyclic) bond motifs is 1. The minimum atomic E-state index is 0.701. The van der Waals surface area contributed by atoms with Gasteiger partial charge in [0.05, 0.1) is 19.8 Å². The van der Waals surface area contributed by atoms with Crippen molar-refractivity contribution in [1.29, 1.82) is 5.26 Å². The second-order valence-corrected chi connectivity index (χ2v) is 8.19. The summed E-state index contributed by atoms with van der Waals surface area (Å²) in [5.74, 6) is 1.45. The van der Waals surface area contributed by atoms with Crippen LogP contribution in [0.1, 0.15) is 27.1 Å². The van der Waals surface area contributed by atoms with Gasteiger partial charge in [0, 0.05) is 36.3 Å². The number of hydrogen-bond acceptors (Lipinski definition) is 6. The van der Waals surface area contributed by atoms with Gasteiger partial charge in [0.1, 0.15) is 22.6 Å². The van der Waals surface area contributed by atoms with Crippen molar-refractivity contribution in [2.75, 3.05) is 20.8 Å². The van der Waals surface area contributed by atoms with Crippen LogP contribution in [0.5, 0.6) is 11.5 Å². The van der Waals surface area contributed by atoms with E-state index in [2.05, 4.69) is 40.2 Å². The van der Waals surface area contributed by atoms with Gasteiger partial charge in [-0.25, -0.2) is 4.99 Å². The first-order valence-corrected chi connectivity index (χ1v) is 10.6. The topological polar surface area (TPSA) is 57.9 Å². The third-order valence-electron chi connectivity index (χ3n) is 5.24. The van der Waals surface area contributed by atoms with Crippen molar-refractivity contribution in [2.24, 2.45) is 4.99 Å². The van der Waals surface area contributed by atoms with E-state index in [1.165, 1.54) is 10.4 Å². The lowest BCUT2D eigenvalue weighted by molar-refractivity contribution is 0.249. The number of ether oxygens (including phenoxy) is 2. The zero-order valence-electron chi connectivity index (χ0n) is 17.1. The van der Waals surface area contributed by atoms with E-state index in [0.29, 0.717) is 11.3 Å². The molecule has 0 unspecified atom stereocenters. The average molecular weight is 418 g/mol. The van der Waals surface area contributed by atoms with Gasteiger partial charge in [-0.15, -0.1) is 11.3 Å². The molecule has 30 heavy (non-hydrogen) atoms. The van der Waals surface area contributed by atoms with Crippen molar-refractivity contribution in [1.82, 2.24) is 4.90 Å². The van der Waals surface area contributed by atoms with Gasteiger partial charge >= 0.3 is 0 Å². The molecule has 0 saturated carbocycles. The minimum Gasteiger partial charge on any atom is -0.497 e. The standard InChI is InChI=1S/C24H23N3O2S/c1-28-19-8-9-22(29-2)18(12-19)14-26-24-21(13-25)20-10-11-27(16-23(20)30-24)15-17-6-4-3-5-7-17/h3-9,12,14H,10-11,15-16H2,1-2H3. The molecule has 2 heterocycles. The molecule has 5 nitrogen and oxygen atoms in total. The predicted octanol–water partition coefficient (Wildman–Crippen LogP) is 4.95. The van der Waals surface area contributed by atoms with Crippen LogP contribution in [0.3, 0.4) is 0 Å². The molecular weight excluding hydrogens is 394 g/mol. The molecule has 1 aromatic heterocycles. The number of methoxy groups -OCH3 is 2. The fourth-order valence-electron chi connectivity index (χ4n) is 3.69. The molecule has 0 N–H and O–H groups in total. The quantitative estimate of drug-likeness (QED) is 0.533. The maximum Gasteiger partial charge on any atom is 0.134 e. The van der Waals surface area contributed by atoms with Crippen molar-refractivity contribution >= 4 is 22.6 Å². The van der Waals surface area contributed by atoms with Crippen molar-refractivity contribution in [3.63, 3.8) is 0 Å². The molecule has 0 amide bonds. The summed E-state index contributed by atoms with van der Waals surface area (Å²) in [7, 11) is 3.26. The first-order chi connectivity index (χ1) is 14.7. The van der Waals surface area contributed by atoms with E-state index >= 15 is 0 Å². The number of nitriles is 1. The van der Waals surface area contributed by atoms with E-state index in [0.717, 1.165) is 47.9 Å². The van der Waals surface area contributed by atoms with Crippen LogP contribution in [0, 0.1) is 11.3 Å². The maximum atomic E-state index is 9.77. The fraction of sp³-hybridized carbons (Fsp3) is 0.250. The Balaban J connectivity index is 1.58. The van der Waals surface area contributed by atoms with Crippen molar-refractivity contribution < 1.29 is 9.47 Å². The van der Waals surface area contributed by atoms with Gasteiger partial charge in [0.2, 0.25) is 0 Å². The van der Waals surface area contributed by atoms with Gasteiger partial charge in [0.25, 0.3) is 0 Å². The second kappa shape index (κ2) is 9.12. The highest BCUT2D eigenvalue weighted by atomic mass is 32.1. The van der Waals surface area contributed by atoms with Crippen LogP contribution < -0.4 is 9.47 Å². The van der Waals surface area contributed by atoms with E-state index in [1.54, 1.807) is 31.8 Å². The summed E-state index contributed by atoms with van der Waals surface area (Å²) in [5.41, 5.74) is 3.98. The number of hydrogen-bond donors (Lipinski definition) is 0. The third-order valence-corrected chi connectivity index (χ3v) is 6.36. The summed E-state index contributed by atoms with van der Waals surface area (Å²) in [5, 5.41) is 10.5. The van der Waals surface area contributed by atoms with Gasteiger partial charge in [-0.3, -0.25) is 4.90 Å². The third kappa shape index (κ3) is 4.23. The molecule has 4 rings (SSSR count). The van der Waals surface area contributed by atoms with Crippen LogP contribution in [0.25, 0.3) is 0 Å². The Labute approximate surface area is 180 Å². The maximum absolute atomic E-state index is 9.77. The zero-order valence-corrected chi connectivity index (χ0v) is 17.9. The molecule has 0 spiro atoms. The Bertz CT molecular complexity index is 1100. The molecular formula is C24H23N3O2S. The molecule has 0 atom stereocenters. The summed E-state index contributed by atoms with van der Waals surface area (Å²) < 4.78 is 10.7. The largest absolute Gasteiger partial charge is 0.497 e. The minimum absolute atomic E-state index is 0.701. The molecule has 6 heteroatoms. The number of rotatable bonds is 6. The number of aliphatic imine (C=N–C) groups is 1. The smallest absolute Gasteiger partial charge is 0.134 e. The Kier molecular flexibility index (Phi) is 6.12. The monoisotopic (exact) mass is 417 g/mol. The average Bonchev–Trinajstić information content (AvgIpc) is 3.14. The SMILES string of the molecule is COc1ccc(OC)c(C=Nc2sc3c(c2C#N)CCN(Cc2ccccc2)C3)c1. The van der Waals surface area contributed by atoms with Gasteiger partial charge < -0.3 is 9.47 Å². The lowest BCUT2D eigenvalue weighted by Gasteiger charge is -2.26. The lowest BCUT2D eigenvalue weighted by atomic mass is 10.0. The van der Waals surface area contributed by atoms with Crippen LogP contribution >= 0.6 is 11.3 Å². The van der Waals surface area contributed by atoms with E-state index in [1.807, 2.05) is 24.3 Å². The number of nitrogens with zero attached hydrogens (tertiary/aromatic N) is 3. The van der Waals surface area contributed by atoms with Crippen LogP contribution in [-0.4, -0.2) is 31.9 Å². The van der Waals surface area contributed by atoms with E-state index < -0.39 is 0 Å². The molecule has 1 aliphatic rings. The van der Waals surface area contributed by atoms with Gasteiger partial charge in [-0.05, 0) is 35.7 Å². The summed E-state index contributed by atoms with van der Waals surface area (Å²) in [6.45, 7) is 2.71. The Morgan fingerprint density at radius 1 is 1.17 bits per heavy atom. The first-order valence-electron chi connectivity index (χ1n) is 9.79. The molecule has 0 radical (unpaired) electrons. The highest BCUT2D eigenvalue weighted by molar-refractivity contribution is 7.16. The Morgan fingerprint density at radius 2 is 2.00 bits per heavy atom. The fourth-order valence-corrected chi connectivity index (χ4v) is 4.88. The Morgan fingerprint density at radius 3 is 2.73 bits per heavy atom. The van der Waals surface area contributed by atoms with Crippen molar-refractivity contribution in [3.8, 4) is 17.6 Å². The van der Waals surface area contributed by atoms with E-state index in [-0.39, 0.29) is 0 Å².